The van der Waals surface area contributed by atoms with E-state index in [1.165, 1.54) is 30.5 Å². The number of guanidine groups is 1. The molecule has 6 nitrogen and oxygen atoms in total. The first kappa shape index (κ1) is 20.7. The summed E-state index contributed by atoms with van der Waals surface area (Å²) in [4.78, 5) is 6.95. The number of hydrogen-bond donors (Lipinski definition) is 1. The van der Waals surface area contributed by atoms with Crippen molar-refractivity contribution < 1.29 is 4.74 Å². The van der Waals surface area contributed by atoms with Crippen molar-refractivity contribution in [1.82, 2.24) is 20.0 Å². The summed E-state index contributed by atoms with van der Waals surface area (Å²) < 4.78 is 7.81. The van der Waals surface area contributed by atoms with E-state index >= 15 is 0 Å². The average molecular weight is 507 g/mol. The smallest absolute Gasteiger partial charge is 0.193 e. The van der Waals surface area contributed by atoms with E-state index in [9.17, 15) is 0 Å². The number of aromatic nitrogens is 2. The number of hydrogen-bond acceptors (Lipinski definition) is 3. The van der Waals surface area contributed by atoms with E-state index in [0.29, 0.717) is 5.41 Å². The molecular weight excluding hydrogens is 477 g/mol. The largest absolute Gasteiger partial charge is 0.381 e. The van der Waals surface area contributed by atoms with Gasteiger partial charge in [0.1, 0.15) is 0 Å². The highest BCUT2D eigenvalue weighted by Gasteiger charge is 2.42. The first-order chi connectivity index (χ1) is 13.8. The number of para-hydroxylation sites is 1. The summed E-state index contributed by atoms with van der Waals surface area (Å²) in [7, 11) is 1.88. The molecule has 5 rings (SSSR count). The molecule has 0 amide bonds. The van der Waals surface area contributed by atoms with Gasteiger partial charge in [0.2, 0.25) is 0 Å². The van der Waals surface area contributed by atoms with Gasteiger partial charge in [-0.25, -0.2) is 4.68 Å². The molecule has 2 aliphatic heterocycles. The lowest BCUT2D eigenvalue weighted by Crippen LogP contribution is -2.41. The monoisotopic (exact) mass is 507 g/mol. The van der Waals surface area contributed by atoms with Gasteiger partial charge in [0.25, 0.3) is 0 Å². The Kier molecular flexibility index (Phi) is 6.15. The Morgan fingerprint density at radius 3 is 2.86 bits per heavy atom. The molecule has 3 heterocycles. The van der Waals surface area contributed by atoms with Crippen LogP contribution in [0.5, 0.6) is 0 Å². The zero-order chi connectivity index (χ0) is 19.0. The maximum Gasteiger partial charge on any atom is 0.193 e. The van der Waals surface area contributed by atoms with Gasteiger partial charge in [-0.2, -0.15) is 5.10 Å². The van der Waals surface area contributed by atoms with E-state index in [0.717, 1.165) is 63.0 Å². The van der Waals surface area contributed by atoms with Crippen LogP contribution in [0.25, 0.3) is 5.69 Å². The minimum Gasteiger partial charge on any atom is -0.381 e. The highest BCUT2D eigenvalue weighted by molar-refractivity contribution is 14.0. The van der Waals surface area contributed by atoms with Crippen LogP contribution in [0, 0.1) is 5.41 Å². The van der Waals surface area contributed by atoms with E-state index in [1.54, 1.807) is 0 Å². The topological polar surface area (TPSA) is 54.7 Å². The molecule has 1 atom stereocenters. The number of rotatable bonds is 3. The van der Waals surface area contributed by atoms with Crippen LogP contribution < -0.4 is 5.32 Å². The summed E-state index contributed by atoms with van der Waals surface area (Å²) in [5.74, 6) is 0.991. The van der Waals surface area contributed by atoms with Gasteiger partial charge >= 0.3 is 0 Å². The second-order valence-corrected chi connectivity index (χ2v) is 8.35. The third-order valence-electron chi connectivity index (χ3n) is 6.56. The number of aliphatic imine (C=N–C) groups is 1. The quantitative estimate of drug-likeness (QED) is 0.394. The standard InChI is InChI=1S/C22H29N5O.HI/c1-23-21(26-12-10-22(15-26)11-13-28-16-22)24-14-19-18-8-5-9-20(18)27(25-19)17-6-3-2-4-7-17;/h2-4,6-7H,5,8-16H2,1H3,(H,23,24);1H. The van der Waals surface area contributed by atoms with E-state index in [4.69, 9.17) is 9.84 Å². The summed E-state index contributed by atoms with van der Waals surface area (Å²) in [5.41, 5.74) is 5.46. The van der Waals surface area contributed by atoms with E-state index < -0.39 is 0 Å². The fraction of sp³-hybridized carbons (Fsp3) is 0.545. The highest BCUT2D eigenvalue weighted by Crippen LogP contribution is 2.38. The zero-order valence-electron chi connectivity index (χ0n) is 17.1. The summed E-state index contributed by atoms with van der Waals surface area (Å²) in [5, 5.41) is 8.55. The van der Waals surface area contributed by atoms with Crippen LogP contribution in [-0.4, -0.2) is 54.0 Å². The molecule has 1 N–H and O–H groups in total. The van der Waals surface area contributed by atoms with E-state index in [2.05, 4.69) is 50.2 Å². The lowest BCUT2D eigenvalue weighted by molar-refractivity contribution is 0.156. The molecule has 0 radical (unpaired) electrons. The van der Waals surface area contributed by atoms with Crippen LogP contribution in [0.3, 0.4) is 0 Å². The van der Waals surface area contributed by atoms with Crippen molar-refractivity contribution in [2.24, 2.45) is 10.4 Å². The second kappa shape index (κ2) is 8.63. The van der Waals surface area contributed by atoms with E-state index in [1.807, 2.05) is 7.05 Å². The second-order valence-electron chi connectivity index (χ2n) is 8.35. The summed E-state index contributed by atoms with van der Waals surface area (Å²) in [6.07, 6.45) is 5.83. The Morgan fingerprint density at radius 2 is 2.10 bits per heavy atom. The molecule has 0 bridgehead atoms. The third kappa shape index (κ3) is 3.91. The van der Waals surface area contributed by atoms with Crippen molar-refractivity contribution in [3.63, 3.8) is 0 Å². The minimum absolute atomic E-state index is 0. The third-order valence-corrected chi connectivity index (χ3v) is 6.56. The van der Waals surface area contributed by atoms with Gasteiger partial charge in [-0.1, -0.05) is 18.2 Å². The fourth-order valence-corrected chi connectivity index (χ4v) is 5.02. The van der Waals surface area contributed by atoms with Crippen LogP contribution >= 0.6 is 24.0 Å². The van der Waals surface area contributed by atoms with E-state index in [-0.39, 0.29) is 24.0 Å². The number of ether oxygens (including phenoxy) is 1. The Labute approximate surface area is 189 Å². The van der Waals surface area contributed by atoms with Gasteiger partial charge in [0, 0.05) is 37.9 Å². The van der Waals surface area contributed by atoms with Crippen LogP contribution in [-0.2, 0) is 24.1 Å². The molecule has 156 valence electrons. The zero-order valence-corrected chi connectivity index (χ0v) is 19.4. The van der Waals surface area contributed by atoms with Gasteiger partial charge in [-0.05, 0) is 49.8 Å². The molecule has 2 aromatic rings. The molecule has 3 aliphatic rings. The number of fused-ring (bicyclic) bond motifs is 1. The lowest BCUT2D eigenvalue weighted by Gasteiger charge is -2.24. The first-order valence-electron chi connectivity index (χ1n) is 10.5. The molecule has 1 spiro atoms. The molecule has 2 saturated heterocycles. The molecular formula is C22H30IN5O. The Morgan fingerprint density at radius 1 is 1.24 bits per heavy atom. The van der Waals surface area contributed by atoms with Gasteiger partial charge in [-0.15, -0.1) is 24.0 Å². The van der Waals surface area contributed by atoms with Crippen molar-refractivity contribution in [3.8, 4) is 5.69 Å². The maximum atomic E-state index is 5.67. The number of nitrogens with one attached hydrogen (secondary N) is 1. The predicted molar refractivity (Wildman–Crippen MR) is 125 cm³/mol. The van der Waals surface area contributed by atoms with Crippen molar-refractivity contribution in [3.05, 3.63) is 47.3 Å². The van der Waals surface area contributed by atoms with Crippen LogP contribution in [0.1, 0.15) is 36.2 Å². The minimum atomic E-state index is 0. The van der Waals surface area contributed by atoms with Gasteiger partial charge < -0.3 is 15.0 Å². The van der Waals surface area contributed by atoms with Crippen LogP contribution in [0.15, 0.2) is 35.3 Å². The molecule has 29 heavy (non-hydrogen) atoms. The molecule has 7 heteroatoms. The summed E-state index contributed by atoms with van der Waals surface area (Å²) in [6.45, 7) is 4.64. The molecule has 1 unspecified atom stereocenters. The van der Waals surface area contributed by atoms with Crippen molar-refractivity contribution >= 4 is 29.9 Å². The average Bonchev–Trinajstić information content (AvgIpc) is 3.51. The van der Waals surface area contributed by atoms with Gasteiger partial charge in [0.15, 0.2) is 5.96 Å². The fourth-order valence-electron chi connectivity index (χ4n) is 5.02. The number of halogens is 1. The molecule has 0 saturated carbocycles. The SMILES string of the molecule is CN=C(NCc1nn(-c2ccccc2)c2c1CCC2)N1CCC2(CCOC2)C1.I. The summed E-state index contributed by atoms with van der Waals surface area (Å²) in [6, 6.07) is 10.5. The first-order valence-corrected chi connectivity index (χ1v) is 10.5. The molecule has 1 aromatic heterocycles. The molecule has 1 aliphatic carbocycles. The molecule has 1 aromatic carbocycles. The number of nitrogens with zero attached hydrogens (tertiary/aromatic N) is 4. The Bertz CT molecular complexity index is 873. The van der Waals surface area contributed by atoms with Crippen molar-refractivity contribution in [1.29, 1.82) is 0 Å². The Hall–Kier alpha value is -1.61. The van der Waals surface area contributed by atoms with Crippen molar-refractivity contribution in [2.45, 2.75) is 38.6 Å². The molecule has 2 fully saturated rings. The highest BCUT2D eigenvalue weighted by atomic mass is 127. The predicted octanol–water partition coefficient (Wildman–Crippen LogP) is 3.17. The normalized spacial score (nSPS) is 23.5. The van der Waals surface area contributed by atoms with Crippen LogP contribution in [0.4, 0.5) is 0 Å². The van der Waals surface area contributed by atoms with Crippen molar-refractivity contribution in [2.75, 3.05) is 33.4 Å². The number of likely N-dealkylation sites (tertiary alicyclic amines) is 1. The maximum absolute atomic E-state index is 5.67. The lowest BCUT2D eigenvalue weighted by atomic mass is 9.87. The summed E-state index contributed by atoms with van der Waals surface area (Å²) >= 11 is 0. The van der Waals surface area contributed by atoms with Gasteiger partial charge in [0.05, 0.1) is 24.5 Å². The van der Waals surface area contributed by atoms with Crippen LogP contribution in [0.2, 0.25) is 0 Å². The Balaban J connectivity index is 0.00000205. The van der Waals surface area contributed by atoms with Gasteiger partial charge in [-0.3, -0.25) is 4.99 Å². The number of benzene rings is 1.